The van der Waals surface area contributed by atoms with E-state index in [1.165, 1.54) is 6.92 Å². The minimum atomic E-state index is -1.91. The van der Waals surface area contributed by atoms with Gasteiger partial charge in [-0.15, -0.1) is 0 Å². The smallest absolute Gasteiger partial charge is 0.302 e. The Kier molecular flexibility index (Phi) is 3.53. The number of ether oxygens (including phenoxy) is 2. The number of carbonyl (C=O) groups excluding carboxylic acids is 2. The first-order valence-corrected chi connectivity index (χ1v) is 10.5. The molecule has 0 radical (unpaired) electrons. The lowest BCUT2D eigenvalue weighted by Crippen LogP contribution is -2.83. The summed E-state index contributed by atoms with van der Waals surface area (Å²) in [5, 5.41) is 23.2. The molecule has 154 valence electrons. The van der Waals surface area contributed by atoms with E-state index in [-0.39, 0.29) is 41.5 Å². The Morgan fingerprint density at radius 2 is 2.00 bits per heavy atom. The van der Waals surface area contributed by atoms with Crippen molar-refractivity contribution in [1.29, 1.82) is 0 Å². The van der Waals surface area contributed by atoms with Crippen LogP contribution >= 0.6 is 0 Å². The number of ketones is 1. The molecule has 6 fully saturated rings. The fraction of sp³-hybridized carbons (Fsp3) is 0.818. The summed E-state index contributed by atoms with van der Waals surface area (Å²) in [5.74, 6) is -2.91. The lowest BCUT2D eigenvalue weighted by Gasteiger charge is -2.74. The molecule has 0 aromatic rings. The third-order valence-corrected chi connectivity index (χ3v) is 9.08. The third-order valence-electron chi connectivity index (χ3n) is 9.08. The molecule has 4 bridgehead atoms. The van der Waals surface area contributed by atoms with Crippen molar-refractivity contribution in [3.63, 3.8) is 0 Å². The van der Waals surface area contributed by atoms with Gasteiger partial charge in [0.05, 0.1) is 12.0 Å². The molecule has 4 saturated carbocycles. The zero-order valence-electron chi connectivity index (χ0n) is 16.9. The van der Waals surface area contributed by atoms with E-state index in [1.54, 1.807) is 0 Å². The van der Waals surface area contributed by atoms with E-state index >= 15 is 0 Å². The Morgan fingerprint density at radius 3 is 2.68 bits per heavy atom. The number of carbonyl (C=O) groups is 2. The van der Waals surface area contributed by atoms with Gasteiger partial charge in [0.2, 0.25) is 5.79 Å². The van der Waals surface area contributed by atoms with Crippen LogP contribution in [-0.2, 0) is 19.1 Å². The Hall–Kier alpha value is -1.24. The Balaban J connectivity index is 1.76. The van der Waals surface area contributed by atoms with Crippen molar-refractivity contribution in [2.45, 2.75) is 70.9 Å². The van der Waals surface area contributed by atoms with Crippen LogP contribution in [0, 0.1) is 34.0 Å². The topological polar surface area (TPSA) is 93.1 Å². The number of Topliss-reactive ketones (excluding diaryl/α,β-unsaturated/α-hetero) is 1. The molecule has 6 rings (SSSR count). The number of allylic oxidation sites excluding steroid dienone is 1. The van der Waals surface area contributed by atoms with Gasteiger partial charge in [0.25, 0.3) is 0 Å². The summed E-state index contributed by atoms with van der Waals surface area (Å²) >= 11 is 0. The van der Waals surface area contributed by atoms with Crippen LogP contribution in [0.25, 0.3) is 0 Å². The molecule has 2 spiro atoms. The molecule has 28 heavy (non-hydrogen) atoms. The van der Waals surface area contributed by atoms with Gasteiger partial charge in [-0.3, -0.25) is 9.59 Å². The van der Waals surface area contributed by atoms with Gasteiger partial charge in [-0.25, -0.2) is 0 Å². The molecule has 2 N–H and O–H groups in total. The second-order valence-electron chi connectivity index (χ2n) is 10.5. The molecule has 6 heteroatoms. The Labute approximate surface area is 165 Å². The molecular formula is C22H30O6. The summed E-state index contributed by atoms with van der Waals surface area (Å²) in [6, 6.07) is 0. The fourth-order valence-corrected chi connectivity index (χ4v) is 8.16. The molecule has 0 amide bonds. The summed E-state index contributed by atoms with van der Waals surface area (Å²) in [6.07, 6.45) is 1.85. The first kappa shape index (κ1) is 18.8. The van der Waals surface area contributed by atoms with E-state index in [4.69, 9.17) is 9.47 Å². The van der Waals surface area contributed by atoms with Crippen molar-refractivity contribution in [3.8, 4) is 0 Å². The second kappa shape index (κ2) is 5.27. The number of aliphatic hydroxyl groups excluding tert-OH is 1. The number of fused-ring (bicyclic) bond motifs is 2. The first-order chi connectivity index (χ1) is 13.0. The molecule has 8 atom stereocenters. The van der Waals surface area contributed by atoms with Gasteiger partial charge >= 0.3 is 5.97 Å². The van der Waals surface area contributed by atoms with Crippen LogP contribution in [0.2, 0.25) is 0 Å². The van der Waals surface area contributed by atoms with Crippen LogP contribution in [0.4, 0.5) is 0 Å². The average Bonchev–Trinajstić information content (AvgIpc) is 2.81. The minimum absolute atomic E-state index is 0.0292. The van der Waals surface area contributed by atoms with Crippen LogP contribution in [0.15, 0.2) is 12.2 Å². The molecule has 0 aromatic carbocycles. The van der Waals surface area contributed by atoms with Gasteiger partial charge in [-0.2, -0.15) is 0 Å². The molecule has 6 aliphatic rings. The van der Waals surface area contributed by atoms with Gasteiger partial charge in [-0.05, 0) is 54.9 Å². The van der Waals surface area contributed by atoms with Crippen LogP contribution in [0.1, 0.15) is 52.9 Å². The number of aliphatic hydroxyl groups is 2. The van der Waals surface area contributed by atoms with Crippen molar-refractivity contribution < 1.29 is 29.3 Å². The zero-order chi connectivity index (χ0) is 20.3. The highest BCUT2D eigenvalue weighted by molar-refractivity contribution is 6.04. The summed E-state index contributed by atoms with van der Waals surface area (Å²) in [4.78, 5) is 25.4. The Morgan fingerprint density at radius 1 is 1.29 bits per heavy atom. The van der Waals surface area contributed by atoms with Crippen molar-refractivity contribution in [2.24, 2.45) is 34.0 Å². The predicted molar refractivity (Wildman–Crippen MR) is 98.8 cm³/mol. The minimum Gasteiger partial charge on any atom is -0.462 e. The maximum absolute atomic E-state index is 13.5. The summed E-state index contributed by atoms with van der Waals surface area (Å²) in [6.45, 7) is 9.82. The van der Waals surface area contributed by atoms with E-state index in [1.807, 2.05) is 0 Å². The quantitative estimate of drug-likeness (QED) is 0.525. The van der Waals surface area contributed by atoms with E-state index in [0.717, 1.165) is 19.3 Å². The molecular weight excluding hydrogens is 360 g/mol. The molecule has 0 unspecified atom stereocenters. The number of hydrogen-bond donors (Lipinski definition) is 2. The van der Waals surface area contributed by atoms with Gasteiger partial charge in [0.15, 0.2) is 5.78 Å². The van der Waals surface area contributed by atoms with Crippen molar-refractivity contribution in [1.82, 2.24) is 0 Å². The molecule has 2 saturated heterocycles. The lowest BCUT2D eigenvalue weighted by molar-refractivity contribution is -0.448. The van der Waals surface area contributed by atoms with Crippen LogP contribution in [0.3, 0.4) is 0 Å². The highest BCUT2D eigenvalue weighted by atomic mass is 16.6. The second-order valence-corrected chi connectivity index (χ2v) is 10.5. The van der Waals surface area contributed by atoms with Crippen molar-refractivity contribution in [2.75, 3.05) is 6.61 Å². The van der Waals surface area contributed by atoms with Gasteiger partial charge in [0, 0.05) is 18.3 Å². The monoisotopic (exact) mass is 390 g/mol. The van der Waals surface area contributed by atoms with Gasteiger partial charge in [0.1, 0.15) is 12.2 Å². The van der Waals surface area contributed by atoms with Crippen LogP contribution < -0.4 is 0 Å². The lowest BCUT2D eigenvalue weighted by atomic mass is 9.36. The highest BCUT2D eigenvalue weighted by Gasteiger charge is 2.84. The number of esters is 1. The van der Waals surface area contributed by atoms with Gasteiger partial charge in [-0.1, -0.05) is 20.4 Å². The van der Waals surface area contributed by atoms with E-state index in [0.29, 0.717) is 18.4 Å². The first-order valence-electron chi connectivity index (χ1n) is 10.5. The maximum atomic E-state index is 13.5. The summed E-state index contributed by atoms with van der Waals surface area (Å²) in [7, 11) is 0. The highest BCUT2D eigenvalue weighted by Crippen LogP contribution is 2.76. The number of hydrogen-bond acceptors (Lipinski definition) is 6. The zero-order valence-corrected chi connectivity index (χ0v) is 16.9. The van der Waals surface area contributed by atoms with E-state index in [2.05, 4.69) is 20.4 Å². The third kappa shape index (κ3) is 1.77. The molecule has 6 nitrogen and oxygen atoms in total. The largest absolute Gasteiger partial charge is 0.462 e. The average molecular weight is 390 g/mol. The van der Waals surface area contributed by atoms with Crippen LogP contribution in [0.5, 0.6) is 0 Å². The van der Waals surface area contributed by atoms with E-state index < -0.39 is 28.8 Å². The van der Waals surface area contributed by atoms with Gasteiger partial charge < -0.3 is 19.7 Å². The number of rotatable bonds is 1. The predicted octanol–water partition coefficient (Wildman–Crippen LogP) is 1.98. The van der Waals surface area contributed by atoms with E-state index in [9.17, 15) is 19.8 Å². The van der Waals surface area contributed by atoms with Crippen molar-refractivity contribution >= 4 is 11.8 Å². The molecule has 2 heterocycles. The molecule has 0 aromatic heterocycles. The summed E-state index contributed by atoms with van der Waals surface area (Å²) < 4.78 is 11.8. The fourth-order valence-electron chi connectivity index (χ4n) is 8.16. The SMILES string of the molecule is C=C1C(=O)[C@@]23C[C@@H]1CC[C@@H]2[C@]12CO[C@@]3(O)[C@H](O)[C@H]1C(C)(C)CC[C@H]2OC(C)=O. The normalized spacial score (nSPS) is 53.5. The standard InChI is InChI=1S/C22H30O6/c1-11-13-5-6-14-20-10-27-22(26,21(14,9-13)17(11)24)18(25)16(20)19(3,4)8-7-15(20)28-12(2)23/h13-16,18,25-26H,1,5-10H2,2-4H3/t13-,14+,15+,16-,18+,20-,21+,22-/m0/s1. The maximum Gasteiger partial charge on any atom is 0.302 e. The van der Waals surface area contributed by atoms with Crippen LogP contribution in [-0.4, -0.2) is 46.6 Å². The summed E-state index contributed by atoms with van der Waals surface area (Å²) in [5.41, 5.74) is -1.59. The molecule has 4 aliphatic carbocycles. The molecule has 2 aliphatic heterocycles. The van der Waals surface area contributed by atoms with Crippen molar-refractivity contribution in [3.05, 3.63) is 12.2 Å². The Bertz CT molecular complexity index is 788.